The first-order chi connectivity index (χ1) is 10.8. The molecule has 0 radical (unpaired) electrons. The van der Waals surface area contributed by atoms with Gasteiger partial charge in [0.25, 0.3) is 0 Å². The Bertz CT molecular complexity index is 705. The molecule has 0 bridgehead atoms. The number of methoxy groups -OCH3 is 2. The smallest absolute Gasteiger partial charge is 0.322 e. The predicted molar refractivity (Wildman–Crippen MR) is 83.7 cm³/mol. The second-order valence-electron chi connectivity index (χ2n) is 5.10. The summed E-state index contributed by atoms with van der Waals surface area (Å²) >= 11 is 6.08. The summed E-state index contributed by atoms with van der Waals surface area (Å²) in [5, 5.41) is 9.24. The van der Waals surface area contributed by atoms with Crippen LogP contribution in [-0.4, -0.2) is 50.6 Å². The van der Waals surface area contributed by atoms with Gasteiger partial charge >= 0.3 is 5.97 Å². The lowest BCUT2D eigenvalue weighted by Crippen LogP contribution is -2.47. The number of carboxylic acid groups (broad SMARTS) is 1. The van der Waals surface area contributed by atoms with E-state index >= 15 is 0 Å². The molecule has 1 unspecified atom stereocenters. The molecule has 1 aliphatic heterocycles. The highest BCUT2D eigenvalue weighted by Gasteiger charge is 2.39. The van der Waals surface area contributed by atoms with Gasteiger partial charge < -0.3 is 14.6 Å². The number of ether oxygens (including phenoxy) is 2. The normalized spacial score (nSPS) is 19.3. The van der Waals surface area contributed by atoms with Gasteiger partial charge in [0.2, 0.25) is 10.0 Å². The standard InChI is InChI=1S/C14H18ClNO6S/c1-21-11-7-9(15)13(8-12(11)22-2)23(19,20)16-6-4-3-5-10(16)14(17)18/h7-8,10H,3-6H2,1-2H3,(H,17,18). The summed E-state index contributed by atoms with van der Waals surface area (Å²) < 4.78 is 36.9. The van der Waals surface area contributed by atoms with E-state index < -0.39 is 22.0 Å². The van der Waals surface area contributed by atoms with Crippen LogP contribution >= 0.6 is 11.6 Å². The number of hydrogen-bond donors (Lipinski definition) is 1. The van der Waals surface area contributed by atoms with Gasteiger partial charge in [0, 0.05) is 18.7 Å². The van der Waals surface area contributed by atoms with Crippen LogP contribution in [0.15, 0.2) is 17.0 Å². The summed E-state index contributed by atoms with van der Waals surface area (Å²) in [6.45, 7) is 0.143. The molecule has 1 heterocycles. The van der Waals surface area contributed by atoms with E-state index in [-0.39, 0.29) is 28.6 Å². The fraction of sp³-hybridized carbons (Fsp3) is 0.500. The third-order valence-corrected chi connectivity index (χ3v) is 6.14. The van der Waals surface area contributed by atoms with Crippen molar-refractivity contribution in [2.45, 2.75) is 30.2 Å². The average Bonchev–Trinajstić information content (AvgIpc) is 2.54. The van der Waals surface area contributed by atoms with Crippen LogP contribution in [-0.2, 0) is 14.8 Å². The number of sulfonamides is 1. The maximum absolute atomic E-state index is 12.9. The quantitative estimate of drug-likeness (QED) is 0.859. The second-order valence-corrected chi connectivity index (χ2v) is 7.37. The highest BCUT2D eigenvalue weighted by atomic mass is 35.5. The van der Waals surface area contributed by atoms with Crippen LogP contribution in [0.1, 0.15) is 19.3 Å². The summed E-state index contributed by atoms with van der Waals surface area (Å²) in [7, 11) is -1.27. The van der Waals surface area contributed by atoms with Crippen LogP contribution in [0.4, 0.5) is 0 Å². The van der Waals surface area contributed by atoms with Crippen molar-refractivity contribution < 1.29 is 27.8 Å². The third-order valence-electron chi connectivity index (χ3n) is 3.76. The summed E-state index contributed by atoms with van der Waals surface area (Å²) in [5.41, 5.74) is 0. The van der Waals surface area contributed by atoms with Crippen molar-refractivity contribution in [1.82, 2.24) is 4.31 Å². The van der Waals surface area contributed by atoms with Crippen LogP contribution in [0.3, 0.4) is 0 Å². The molecule has 2 rings (SSSR count). The number of hydrogen-bond acceptors (Lipinski definition) is 5. The number of piperidine rings is 1. The highest BCUT2D eigenvalue weighted by molar-refractivity contribution is 7.89. The molecule has 23 heavy (non-hydrogen) atoms. The Morgan fingerprint density at radius 1 is 1.26 bits per heavy atom. The van der Waals surface area contributed by atoms with E-state index in [4.69, 9.17) is 21.1 Å². The third kappa shape index (κ3) is 3.39. The van der Waals surface area contributed by atoms with Crippen LogP contribution in [0, 0.1) is 0 Å². The largest absolute Gasteiger partial charge is 0.493 e. The lowest BCUT2D eigenvalue weighted by molar-refractivity contribution is -0.142. The first kappa shape index (κ1) is 17.8. The molecule has 1 N–H and O–H groups in total. The molecule has 1 atom stereocenters. The van der Waals surface area contributed by atoms with Gasteiger partial charge in [0.15, 0.2) is 11.5 Å². The molecule has 1 saturated heterocycles. The van der Waals surface area contributed by atoms with Gasteiger partial charge in [0.1, 0.15) is 10.9 Å². The lowest BCUT2D eigenvalue weighted by atomic mass is 10.1. The molecule has 1 aromatic rings. The summed E-state index contributed by atoms with van der Waals surface area (Å²) in [6, 6.07) is 1.51. The van der Waals surface area contributed by atoms with Gasteiger partial charge in [-0.05, 0) is 19.3 Å². The SMILES string of the molecule is COc1cc(Cl)c(S(=O)(=O)N2CCCCC2C(=O)O)cc1OC. The minimum atomic E-state index is -4.06. The molecule has 0 spiro atoms. The molecule has 0 aromatic heterocycles. The van der Waals surface area contributed by atoms with Gasteiger partial charge in [0.05, 0.1) is 19.2 Å². The monoisotopic (exact) mass is 363 g/mol. The van der Waals surface area contributed by atoms with Gasteiger partial charge in [-0.3, -0.25) is 4.79 Å². The molecular formula is C14H18ClNO6S. The number of carboxylic acids is 1. The zero-order valence-electron chi connectivity index (χ0n) is 12.8. The number of halogens is 1. The Morgan fingerprint density at radius 3 is 2.43 bits per heavy atom. The molecule has 7 nitrogen and oxygen atoms in total. The first-order valence-corrected chi connectivity index (χ1v) is 8.81. The van der Waals surface area contributed by atoms with E-state index in [1.807, 2.05) is 0 Å². The minimum Gasteiger partial charge on any atom is -0.493 e. The van der Waals surface area contributed by atoms with E-state index in [1.54, 1.807) is 0 Å². The number of nitrogens with zero attached hydrogens (tertiary/aromatic N) is 1. The van der Waals surface area contributed by atoms with Crippen LogP contribution in [0.5, 0.6) is 11.5 Å². The van der Waals surface area contributed by atoms with Gasteiger partial charge in [-0.15, -0.1) is 0 Å². The summed E-state index contributed by atoms with van der Waals surface area (Å²) in [5.74, 6) is -0.658. The van der Waals surface area contributed by atoms with Crippen molar-refractivity contribution in [3.05, 3.63) is 17.2 Å². The van der Waals surface area contributed by atoms with Crippen LogP contribution in [0.25, 0.3) is 0 Å². The molecule has 1 aromatic carbocycles. The van der Waals surface area contributed by atoms with Gasteiger partial charge in [-0.2, -0.15) is 4.31 Å². The molecule has 1 aliphatic rings. The molecule has 0 amide bonds. The Balaban J connectivity index is 2.52. The number of carbonyl (C=O) groups is 1. The van der Waals surface area contributed by atoms with Gasteiger partial charge in [-0.25, -0.2) is 8.42 Å². The summed E-state index contributed by atoms with van der Waals surface area (Å²) in [6.07, 6.45) is 1.55. The molecular weight excluding hydrogens is 346 g/mol. The Morgan fingerprint density at radius 2 is 1.87 bits per heavy atom. The number of aliphatic carboxylic acids is 1. The van der Waals surface area contributed by atoms with Crippen molar-refractivity contribution in [1.29, 1.82) is 0 Å². The van der Waals surface area contributed by atoms with Gasteiger partial charge in [-0.1, -0.05) is 11.6 Å². The van der Waals surface area contributed by atoms with E-state index in [1.165, 1.54) is 26.4 Å². The molecule has 1 fully saturated rings. The van der Waals surface area contributed by atoms with E-state index in [0.717, 1.165) is 4.31 Å². The molecule has 0 aliphatic carbocycles. The summed E-state index contributed by atoms with van der Waals surface area (Å²) in [4.78, 5) is 11.2. The number of rotatable bonds is 5. The fourth-order valence-electron chi connectivity index (χ4n) is 2.60. The minimum absolute atomic E-state index is 0.0441. The molecule has 0 saturated carbocycles. The maximum atomic E-state index is 12.9. The Kier molecular flexibility index (Phi) is 5.38. The first-order valence-electron chi connectivity index (χ1n) is 6.99. The zero-order chi connectivity index (χ0) is 17.2. The Labute approximate surface area is 139 Å². The Hall–Kier alpha value is -1.51. The van der Waals surface area contributed by atoms with Crippen LogP contribution in [0.2, 0.25) is 5.02 Å². The molecule has 128 valence electrons. The van der Waals surface area contributed by atoms with Crippen molar-refractivity contribution >= 4 is 27.6 Å². The predicted octanol–water partition coefficient (Wildman–Crippen LogP) is 1.99. The average molecular weight is 364 g/mol. The van der Waals surface area contributed by atoms with E-state index in [0.29, 0.717) is 18.6 Å². The van der Waals surface area contributed by atoms with Crippen LogP contribution < -0.4 is 9.47 Å². The maximum Gasteiger partial charge on any atom is 0.322 e. The highest BCUT2D eigenvalue weighted by Crippen LogP contribution is 2.37. The fourth-order valence-corrected chi connectivity index (χ4v) is 4.76. The molecule has 9 heteroatoms. The van der Waals surface area contributed by atoms with Crippen molar-refractivity contribution in [2.75, 3.05) is 20.8 Å². The van der Waals surface area contributed by atoms with E-state index in [9.17, 15) is 18.3 Å². The zero-order valence-corrected chi connectivity index (χ0v) is 14.4. The van der Waals surface area contributed by atoms with Crippen molar-refractivity contribution in [3.8, 4) is 11.5 Å². The lowest BCUT2D eigenvalue weighted by Gasteiger charge is -2.32. The second kappa shape index (κ2) is 6.94. The number of benzene rings is 1. The van der Waals surface area contributed by atoms with Crippen molar-refractivity contribution in [3.63, 3.8) is 0 Å². The van der Waals surface area contributed by atoms with Crippen molar-refractivity contribution in [2.24, 2.45) is 0 Å². The van der Waals surface area contributed by atoms with E-state index in [2.05, 4.69) is 0 Å². The topological polar surface area (TPSA) is 93.1 Å².